The zero-order valence-corrected chi connectivity index (χ0v) is 25.9. The van der Waals surface area contributed by atoms with Gasteiger partial charge in [-0.1, -0.05) is 157 Å². The van der Waals surface area contributed by atoms with Crippen LogP contribution >= 0.6 is 0 Å². The van der Waals surface area contributed by atoms with Crippen LogP contribution in [-0.4, -0.2) is 12.6 Å². The van der Waals surface area contributed by atoms with E-state index in [9.17, 15) is 4.79 Å². The average molecular weight is 509 g/mol. The maximum Gasteiger partial charge on any atom is 0.308 e. The van der Waals surface area contributed by atoms with E-state index >= 15 is 0 Å². The Hall–Kier alpha value is -0.530. The lowest BCUT2D eigenvalue weighted by Gasteiger charge is -2.21. The van der Waals surface area contributed by atoms with E-state index in [0.29, 0.717) is 12.5 Å². The molecular weight excluding hydrogens is 440 g/mol. The molecule has 0 aromatic carbocycles. The number of unbranched alkanes of at least 4 members (excludes halogenated alkanes) is 10. The van der Waals surface area contributed by atoms with Gasteiger partial charge in [-0.25, -0.2) is 0 Å². The van der Waals surface area contributed by atoms with Gasteiger partial charge in [-0.05, 0) is 43.4 Å². The van der Waals surface area contributed by atoms with E-state index in [0.717, 1.165) is 24.7 Å². The number of hydrogen-bond acceptors (Lipinski definition) is 2. The second kappa shape index (κ2) is 26.1. The van der Waals surface area contributed by atoms with Crippen LogP contribution in [0.2, 0.25) is 0 Å². The molecule has 0 bridgehead atoms. The number of hydrogen-bond donors (Lipinski definition) is 0. The van der Waals surface area contributed by atoms with Crippen molar-refractivity contribution < 1.29 is 9.53 Å². The molecule has 0 saturated heterocycles. The lowest BCUT2D eigenvalue weighted by Crippen LogP contribution is -2.22. The van der Waals surface area contributed by atoms with Crippen LogP contribution in [0.25, 0.3) is 0 Å². The first-order valence-electron chi connectivity index (χ1n) is 16.6. The molecule has 0 aromatic heterocycles. The maximum absolute atomic E-state index is 13.2. The highest BCUT2D eigenvalue weighted by Crippen LogP contribution is 2.24. The highest BCUT2D eigenvalue weighted by molar-refractivity contribution is 5.72. The summed E-state index contributed by atoms with van der Waals surface area (Å²) in [5.41, 5.74) is 0. The lowest BCUT2D eigenvalue weighted by atomic mass is 9.91. The van der Waals surface area contributed by atoms with Crippen molar-refractivity contribution in [3.05, 3.63) is 0 Å². The van der Waals surface area contributed by atoms with Gasteiger partial charge >= 0.3 is 5.97 Å². The van der Waals surface area contributed by atoms with Crippen LogP contribution in [0.5, 0.6) is 0 Å². The Bertz CT molecular complexity index is 460. The molecule has 0 N–H and O–H groups in total. The summed E-state index contributed by atoms with van der Waals surface area (Å²) >= 11 is 0. The van der Waals surface area contributed by atoms with Gasteiger partial charge in [0.25, 0.3) is 0 Å². The number of rotatable bonds is 27. The van der Waals surface area contributed by atoms with Gasteiger partial charge in [0.15, 0.2) is 0 Å². The molecule has 0 amide bonds. The van der Waals surface area contributed by atoms with Gasteiger partial charge in [-0.2, -0.15) is 0 Å². The van der Waals surface area contributed by atoms with Crippen LogP contribution in [0.4, 0.5) is 0 Å². The predicted octanol–water partition coefficient (Wildman–Crippen LogP) is 11.7. The van der Waals surface area contributed by atoms with Crippen molar-refractivity contribution in [3.8, 4) is 0 Å². The van der Waals surface area contributed by atoms with Crippen LogP contribution in [0.1, 0.15) is 183 Å². The van der Waals surface area contributed by atoms with E-state index in [1.807, 2.05) is 0 Å². The molecule has 2 heteroatoms. The SMILES string of the molecule is CCCCCCCCC(CCCCCC)COC(=O)C(CCCCCC(C)CC)CCCC(C)CC. The molecule has 216 valence electrons. The van der Waals surface area contributed by atoms with Crippen LogP contribution in [0.3, 0.4) is 0 Å². The smallest absolute Gasteiger partial charge is 0.308 e. The van der Waals surface area contributed by atoms with Crippen LogP contribution in [-0.2, 0) is 9.53 Å². The lowest BCUT2D eigenvalue weighted by molar-refractivity contribution is -0.150. The van der Waals surface area contributed by atoms with Gasteiger partial charge in [0.2, 0.25) is 0 Å². The molecule has 0 aliphatic rings. The molecule has 0 aliphatic heterocycles. The summed E-state index contributed by atoms with van der Waals surface area (Å²) in [6.07, 6.45) is 27.8. The number of esters is 1. The Morgan fingerprint density at radius 2 is 0.944 bits per heavy atom. The quantitative estimate of drug-likeness (QED) is 0.0814. The third-order valence-electron chi connectivity index (χ3n) is 8.62. The molecule has 0 saturated carbocycles. The van der Waals surface area contributed by atoms with E-state index < -0.39 is 0 Å². The van der Waals surface area contributed by atoms with E-state index in [1.54, 1.807) is 0 Å². The van der Waals surface area contributed by atoms with Crippen molar-refractivity contribution in [2.45, 2.75) is 183 Å². The van der Waals surface area contributed by atoms with Crippen LogP contribution < -0.4 is 0 Å². The maximum atomic E-state index is 13.2. The van der Waals surface area contributed by atoms with Crippen molar-refractivity contribution in [2.24, 2.45) is 23.7 Å². The molecule has 2 nitrogen and oxygen atoms in total. The molecule has 0 aliphatic carbocycles. The summed E-state index contributed by atoms with van der Waals surface area (Å²) < 4.78 is 6.08. The van der Waals surface area contributed by atoms with E-state index in [-0.39, 0.29) is 11.9 Å². The zero-order chi connectivity index (χ0) is 26.9. The fourth-order valence-corrected chi connectivity index (χ4v) is 5.26. The normalized spacial score (nSPS) is 14.9. The first kappa shape index (κ1) is 35.5. The second-order valence-electron chi connectivity index (χ2n) is 12.2. The molecular formula is C34H68O2. The molecule has 0 radical (unpaired) electrons. The minimum atomic E-state index is 0.114. The number of carbonyl (C=O) groups excluding carboxylic acids is 1. The summed E-state index contributed by atoms with van der Waals surface area (Å²) in [7, 11) is 0. The summed E-state index contributed by atoms with van der Waals surface area (Å²) in [6.45, 7) is 14.5. The zero-order valence-electron chi connectivity index (χ0n) is 25.9. The highest BCUT2D eigenvalue weighted by Gasteiger charge is 2.21. The first-order chi connectivity index (χ1) is 17.5. The van der Waals surface area contributed by atoms with Crippen LogP contribution in [0.15, 0.2) is 0 Å². The minimum Gasteiger partial charge on any atom is -0.465 e. The molecule has 0 rings (SSSR count). The second-order valence-corrected chi connectivity index (χ2v) is 12.2. The molecule has 4 atom stereocenters. The molecule has 36 heavy (non-hydrogen) atoms. The topological polar surface area (TPSA) is 26.3 Å². The van der Waals surface area contributed by atoms with Gasteiger partial charge in [-0.15, -0.1) is 0 Å². The molecule has 0 aromatic rings. The standard InChI is InChI=1S/C34H68O2/c1-7-11-13-15-16-20-26-32(25-19-14-12-8-2)29-36-34(35)33(28-22-24-31(6)10-4)27-21-17-18-23-30(5)9-3/h30-33H,7-29H2,1-6H3. The third kappa shape index (κ3) is 21.5. The van der Waals surface area contributed by atoms with Crippen molar-refractivity contribution >= 4 is 5.97 Å². The molecule has 0 heterocycles. The largest absolute Gasteiger partial charge is 0.465 e. The Labute approximate surface area is 228 Å². The average Bonchev–Trinajstić information content (AvgIpc) is 2.89. The number of ether oxygens (including phenoxy) is 1. The highest BCUT2D eigenvalue weighted by atomic mass is 16.5. The van der Waals surface area contributed by atoms with Crippen LogP contribution in [0, 0.1) is 23.7 Å². The fourth-order valence-electron chi connectivity index (χ4n) is 5.26. The Kier molecular flexibility index (Phi) is 25.7. The van der Waals surface area contributed by atoms with E-state index in [4.69, 9.17) is 4.74 Å². The minimum absolute atomic E-state index is 0.114. The number of carbonyl (C=O) groups is 1. The summed E-state index contributed by atoms with van der Waals surface area (Å²) in [5, 5.41) is 0. The van der Waals surface area contributed by atoms with Crippen molar-refractivity contribution in [3.63, 3.8) is 0 Å². The Morgan fingerprint density at radius 1 is 0.528 bits per heavy atom. The molecule has 0 fully saturated rings. The van der Waals surface area contributed by atoms with Crippen molar-refractivity contribution in [2.75, 3.05) is 6.61 Å². The van der Waals surface area contributed by atoms with Gasteiger partial charge in [0.1, 0.15) is 0 Å². The monoisotopic (exact) mass is 509 g/mol. The van der Waals surface area contributed by atoms with Gasteiger partial charge in [0.05, 0.1) is 12.5 Å². The first-order valence-corrected chi connectivity index (χ1v) is 16.6. The summed E-state index contributed by atoms with van der Waals surface area (Å²) in [4.78, 5) is 13.2. The van der Waals surface area contributed by atoms with Gasteiger partial charge < -0.3 is 4.74 Å². The Balaban J connectivity index is 4.68. The fraction of sp³-hybridized carbons (Fsp3) is 0.971. The van der Waals surface area contributed by atoms with Crippen molar-refractivity contribution in [1.29, 1.82) is 0 Å². The Morgan fingerprint density at radius 3 is 1.53 bits per heavy atom. The predicted molar refractivity (Wildman–Crippen MR) is 161 cm³/mol. The summed E-state index contributed by atoms with van der Waals surface area (Å²) in [5.74, 6) is 2.40. The molecule has 0 spiro atoms. The van der Waals surface area contributed by atoms with Gasteiger partial charge in [0, 0.05) is 0 Å². The van der Waals surface area contributed by atoms with Gasteiger partial charge in [-0.3, -0.25) is 4.79 Å². The van der Waals surface area contributed by atoms with E-state index in [2.05, 4.69) is 41.5 Å². The van der Waals surface area contributed by atoms with E-state index in [1.165, 1.54) is 128 Å². The third-order valence-corrected chi connectivity index (χ3v) is 8.62. The molecule has 4 unspecified atom stereocenters. The van der Waals surface area contributed by atoms with Crippen molar-refractivity contribution in [1.82, 2.24) is 0 Å². The summed E-state index contributed by atoms with van der Waals surface area (Å²) in [6, 6.07) is 0.